The maximum atomic E-state index is 14.6. The molecule has 4 amide bonds. The summed E-state index contributed by atoms with van der Waals surface area (Å²) in [6.07, 6.45) is 10.8. The third kappa shape index (κ3) is 9.12. The van der Waals surface area contributed by atoms with Gasteiger partial charge >= 0.3 is 0 Å². The molecule has 2 N–H and O–H groups in total. The minimum atomic E-state index is -0.907. The highest BCUT2D eigenvalue weighted by molar-refractivity contribution is 6.42. The van der Waals surface area contributed by atoms with Crippen molar-refractivity contribution in [2.75, 3.05) is 20.6 Å². The molecule has 0 bridgehead atoms. The molecule has 8 nitrogen and oxygen atoms in total. The topological polar surface area (TPSA) is 98.8 Å². The first kappa shape index (κ1) is 36.2. The fourth-order valence-electron chi connectivity index (χ4n) is 8.02. The molecule has 3 fully saturated rings. The Kier molecular flexibility index (Phi) is 12.5. The molecule has 5 rings (SSSR count). The highest BCUT2D eigenvalue weighted by Gasteiger charge is 2.41. The molecule has 0 radical (unpaired) electrons. The van der Waals surface area contributed by atoms with Gasteiger partial charge in [-0.05, 0) is 66.7 Å². The number of hydrogen-bond donors (Lipinski definition) is 2. The lowest BCUT2D eigenvalue weighted by molar-refractivity contribution is -0.150. The van der Waals surface area contributed by atoms with Crippen LogP contribution in [0.15, 0.2) is 48.5 Å². The number of rotatable bonds is 7. The van der Waals surface area contributed by atoms with Crippen LogP contribution in [-0.2, 0) is 32.0 Å². The molecular formula is C38H50Cl2N4O4. The fourth-order valence-corrected chi connectivity index (χ4v) is 8.34. The molecule has 2 saturated carbocycles. The van der Waals surface area contributed by atoms with Crippen LogP contribution < -0.4 is 10.6 Å². The van der Waals surface area contributed by atoms with Crippen LogP contribution in [0.1, 0.15) is 88.2 Å². The van der Waals surface area contributed by atoms with E-state index in [0.29, 0.717) is 41.8 Å². The normalized spacial score (nSPS) is 24.8. The summed E-state index contributed by atoms with van der Waals surface area (Å²) in [4.78, 5) is 60.1. The van der Waals surface area contributed by atoms with Crippen LogP contribution in [0, 0.1) is 11.3 Å². The predicted molar refractivity (Wildman–Crippen MR) is 190 cm³/mol. The second kappa shape index (κ2) is 16.5. The Morgan fingerprint density at radius 3 is 2.17 bits per heavy atom. The van der Waals surface area contributed by atoms with Crippen LogP contribution in [0.4, 0.5) is 0 Å². The van der Waals surface area contributed by atoms with Crippen LogP contribution in [0.3, 0.4) is 0 Å². The Hall–Kier alpha value is -3.10. The Bertz CT molecular complexity index is 1440. The molecule has 3 atom stereocenters. The van der Waals surface area contributed by atoms with Crippen molar-refractivity contribution in [3.8, 4) is 0 Å². The quantitative estimate of drug-likeness (QED) is 0.352. The molecule has 3 aliphatic rings. The SMILES string of the molecule is CN1C(=O)[C@@H](Cc2ccc(Cl)c(Cl)c2)NC(=O)CC2(CCCCC2)CNC(=O)[C@H](CCc2ccccc2)N(C)C(=O)[C@@H]1CC1CCCC1. The Morgan fingerprint density at radius 1 is 0.792 bits per heavy atom. The molecule has 10 heteroatoms. The molecule has 1 spiro atoms. The van der Waals surface area contributed by atoms with Gasteiger partial charge in [-0.1, -0.05) is 105 Å². The van der Waals surface area contributed by atoms with Gasteiger partial charge in [-0.2, -0.15) is 0 Å². The third-order valence-corrected chi connectivity index (χ3v) is 11.7. The number of nitrogens with one attached hydrogen (secondary N) is 2. The molecule has 1 saturated heterocycles. The average Bonchev–Trinajstić information content (AvgIpc) is 3.60. The van der Waals surface area contributed by atoms with E-state index in [2.05, 4.69) is 10.6 Å². The second-order valence-electron chi connectivity index (χ2n) is 14.4. The van der Waals surface area contributed by atoms with Gasteiger partial charge in [0.2, 0.25) is 23.6 Å². The molecule has 2 aromatic rings. The van der Waals surface area contributed by atoms with Gasteiger partial charge in [-0.15, -0.1) is 0 Å². The molecule has 260 valence electrons. The van der Waals surface area contributed by atoms with Crippen molar-refractivity contribution >= 4 is 46.8 Å². The molecule has 1 heterocycles. The largest absolute Gasteiger partial charge is 0.354 e. The molecule has 0 aromatic heterocycles. The summed E-state index contributed by atoms with van der Waals surface area (Å²) in [6.45, 7) is 0.347. The summed E-state index contributed by atoms with van der Waals surface area (Å²) >= 11 is 12.5. The number of hydrogen-bond acceptors (Lipinski definition) is 4. The summed E-state index contributed by atoms with van der Waals surface area (Å²) in [7, 11) is 3.37. The molecule has 2 aliphatic carbocycles. The van der Waals surface area contributed by atoms with E-state index in [1.807, 2.05) is 36.4 Å². The lowest BCUT2D eigenvalue weighted by Gasteiger charge is -2.40. The van der Waals surface area contributed by atoms with Crippen molar-refractivity contribution in [3.05, 3.63) is 69.7 Å². The fraction of sp³-hybridized carbons (Fsp3) is 0.579. The molecular weight excluding hydrogens is 647 g/mol. The number of amides is 4. The molecule has 2 aromatic carbocycles. The van der Waals surface area contributed by atoms with E-state index in [1.54, 1.807) is 31.1 Å². The Labute approximate surface area is 295 Å². The lowest BCUT2D eigenvalue weighted by atomic mass is 9.71. The zero-order chi connectivity index (χ0) is 34.3. The van der Waals surface area contributed by atoms with Crippen molar-refractivity contribution in [2.24, 2.45) is 11.3 Å². The van der Waals surface area contributed by atoms with Gasteiger partial charge < -0.3 is 20.4 Å². The number of halogens is 2. The van der Waals surface area contributed by atoms with E-state index in [9.17, 15) is 19.2 Å². The number of benzene rings is 2. The first-order chi connectivity index (χ1) is 23.0. The minimum Gasteiger partial charge on any atom is -0.354 e. The summed E-state index contributed by atoms with van der Waals surface area (Å²) in [5, 5.41) is 7.05. The second-order valence-corrected chi connectivity index (χ2v) is 15.2. The van der Waals surface area contributed by atoms with Crippen molar-refractivity contribution in [1.29, 1.82) is 0 Å². The molecule has 0 unspecified atom stereocenters. The van der Waals surface area contributed by atoms with Gasteiger partial charge in [-0.25, -0.2) is 0 Å². The van der Waals surface area contributed by atoms with Crippen molar-refractivity contribution in [1.82, 2.24) is 20.4 Å². The number of aryl methyl sites for hydroxylation is 1. The van der Waals surface area contributed by atoms with Gasteiger partial charge in [0.05, 0.1) is 10.0 Å². The van der Waals surface area contributed by atoms with Crippen LogP contribution in [0.5, 0.6) is 0 Å². The Morgan fingerprint density at radius 2 is 1.48 bits per heavy atom. The minimum absolute atomic E-state index is 0.204. The highest BCUT2D eigenvalue weighted by Crippen LogP contribution is 2.39. The zero-order valence-electron chi connectivity index (χ0n) is 28.3. The van der Waals surface area contributed by atoms with Crippen LogP contribution >= 0.6 is 23.2 Å². The van der Waals surface area contributed by atoms with Crippen LogP contribution in [0.25, 0.3) is 0 Å². The van der Waals surface area contributed by atoms with Crippen molar-refractivity contribution in [2.45, 2.75) is 108 Å². The van der Waals surface area contributed by atoms with Crippen molar-refractivity contribution < 1.29 is 19.2 Å². The number of likely N-dealkylation sites (N-methyl/N-ethyl adjacent to an activating group) is 2. The van der Waals surface area contributed by atoms with Gasteiger partial charge in [0, 0.05) is 33.5 Å². The summed E-state index contributed by atoms with van der Waals surface area (Å²) in [6, 6.07) is 12.8. The summed E-state index contributed by atoms with van der Waals surface area (Å²) < 4.78 is 0. The lowest BCUT2D eigenvalue weighted by Crippen LogP contribution is -2.59. The van der Waals surface area contributed by atoms with E-state index in [1.165, 1.54) is 4.90 Å². The number of carbonyl (C=O) groups excluding carboxylic acids is 4. The summed E-state index contributed by atoms with van der Waals surface area (Å²) in [5.41, 5.74) is 1.42. The molecule has 48 heavy (non-hydrogen) atoms. The van der Waals surface area contributed by atoms with E-state index >= 15 is 0 Å². The number of nitrogens with zero attached hydrogens (tertiary/aromatic N) is 2. The average molecular weight is 698 g/mol. The van der Waals surface area contributed by atoms with E-state index in [4.69, 9.17) is 23.2 Å². The number of carbonyl (C=O) groups is 4. The summed E-state index contributed by atoms with van der Waals surface area (Å²) in [5.74, 6) is -0.733. The van der Waals surface area contributed by atoms with Gasteiger partial charge in [-0.3, -0.25) is 19.2 Å². The standard InChI is InChI=1S/C38H50Cl2N4O4/c1-43-32(18-16-26-11-5-3-6-12-26)35(46)41-25-38(19-9-4-10-20-38)24-34(45)42-31(22-28-15-17-29(39)30(40)21-28)36(47)44(2)33(37(43)48)23-27-13-7-8-14-27/h3,5-6,11-12,15,17,21,27,31-33H,4,7-10,13-14,16,18-20,22-25H2,1-2H3,(H,41,46)(H,42,45)/t31-,32+,33+/m1/s1. The predicted octanol–water partition coefficient (Wildman–Crippen LogP) is 6.36. The zero-order valence-corrected chi connectivity index (χ0v) is 29.8. The Balaban J connectivity index is 1.51. The van der Waals surface area contributed by atoms with E-state index in [0.717, 1.165) is 68.9 Å². The monoisotopic (exact) mass is 696 g/mol. The van der Waals surface area contributed by atoms with Crippen molar-refractivity contribution in [3.63, 3.8) is 0 Å². The smallest absolute Gasteiger partial charge is 0.245 e. The van der Waals surface area contributed by atoms with Crippen LogP contribution in [0.2, 0.25) is 10.0 Å². The van der Waals surface area contributed by atoms with E-state index < -0.39 is 23.5 Å². The first-order valence-electron chi connectivity index (χ1n) is 17.6. The first-order valence-corrected chi connectivity index (χ1v) is 18.4. The maximum Gasteiger partial charge on any atom is 0.245 e. The van der Waals surface area contributed by atoms with Gasteiger partial charge in [0.1, 0.15) is 18.1 Å². The van der Waals surface area contributed by atoms with Crippen LogP contribution in [-0.4, -0.2) is 72.2 Å². The third-order valence-electron chi connectivity index (χ3n) is 10.9. The maximum absolute atomic E-state index is 14.6. The van der Waals surface area contributed by atoms with E-state index in [-0.39, 0.29) is 36.5 Å². The van der Waals surface area contributed by atoms with Gasteiger partial charge in [0.25, 0.3) is 0 Å². The van der Waals surface area contributed by atoms with Gasteiger partial charge in [0.15, 0.2) is 0 Å². The highest BCUT2D eigenvalue weighted by atomic mass is 35.5. The molecule has 1 aliphatic heterocycles.